The molecule has 0 radical (unpaired) electrons. The molecule has 14 heavy (non-hydrogen) atoms. The Balaban J connectivity index is 3.90. The van der Waals surface area contributed by atoms with Crippen molar-refractivity contribution in [3.05, 3.63) is 0 Å². The predicted octanol–water partition coefficient (Wildman–Crippen LogP) is 1.14. The van der Waals surface area contributed by atoms with Gasteiger partial charge in [-0.25, -0.2) is 8.42 Å². The summed E-state index contributed by atoms with van der Waals surface area (Å²) in [5, 5.41) is 0. The van der Waals surface area contributed by atoms with Crippen LogP contribution in [0.3, 0.4) is 0 Å². The van der Waals surface area contributed by atoms with E-state index in [4.69, 9.17) is 0 Å². The summed E-state index contributed by atoms with van der Waals surface area (Å²) in [4.78, 5) is 10.9. The van der Waals surface area contributed by atoms with Crippen molar-refractivity contribution in [2.45, 2.75) is 24.6 Å². The molecular weight excluding hydrogens is 272 g/mol. The maximum absolute atomic E-state index is 11.3. The summed E-state index contributed by atoms with van der Waals surface area (Å²) in [7, 11) is -1.87. The molecule has 0 aromatic carbocycles. The van der Waals surface area contributed by atoms with Crippen molar-refractivity contribution in [2.75, 3.05) is 18.6 Å². The largest absolute Gasteiger partial charge is 0.469 e. The highest BCUT2D eigenvalue weighted by molar-refractivity contribution is 9.09. The smallest absolute Gasteiger partial charge is 0.306 e. The Labute approximate surface area is 93.1 Å². The second-order valence-electron chi connectivity index (χ2n) is 3.05. The molecule has 0 saturated carbocycles. The lowest BCUT2D eigenvalue weighted by molar-refractivity contribution is -0.140. The fourth-order valence-corrected chi connectivity index (χ4v) is 2.71. The molecule has 1 unspecified atom stereocenters. The van der Waals surface area contributed by atoms with Gasteiger partial charge in [0.15, 0.2) is 9.84 Å². The molecule has 0 N–H and O–H groups in total. The number of sulfone groups is 1. The number of esters is 1. The molecule has 0 aliphatic carbocycles. The van der Waals surface area contributed by atoms with E-state index in [-0.39, 0.29) is 22.8 Å². The fourth-order valence-electron chi connectivity index (χ4n) is 0.785. The molecule has 0 amide bonds. The van der Waals surface area contributed by atoms with Gasteiger partial charge in [0.1, 0.15) is 0 Å². The third-order valence-electron chi connectivity index (χ3n) is 1.67. The number of hydrogen-bond donors (Lipinski definition) is 0. The van der Waals surface area contributed by atoms with Crippen LogP contribution in [0.1, 0.15) is 19.8 Å². The van der Waals surface area contributed by atoms with Gasteiger partial charge < -0.3 is 4.74 Å². The maximum Gasteiger partial charge on any atom is 0.306 e. The minimum atomic E-state index is -3.11. The summed E-state index contributed by atoms with van der Waals surface area (Å²) in [5.74, 6) is -0.504. The van der Waals surface area contributed by atoms with Crippen LogP contribution in [0, 0.1) is 0 Å². The predicted molar refractivity (Wildman–Crippen MR) is 58.3 cm³/mol. The van der Waals surface area contributed by atoms with Crippen molar-refractivity contribution in [1.82, 2.24) is 0 Å². The van der Waals surface area contributed by atoms with Crippen LogP contribution in [0.2, 0.25) is 0 Å². The van der Waals surface area contributed by atoms with Crippen molar-refractivity contribution in [2.24, 2.45) is 0 Å². The van der Waals surface area contributed by atoms with Crippen molar-refractivity contribution < 1.29 is 17.9 Å². The van der Waals surface area contributed by atoms with Gasteiger partial charge in [0.25, 0.3) is 0 Å². The Morgan fingerprint density at radius 2 is 2.00 bits per heavy atom. The zero-order valence-corrected chi connectivity index (χ0v) is 10.7. The number of carbonyl (C=O) groups is 1. The molecule has 0 bridgehead atoms. The molecule has 4 nitrogen and oxygen atoms in total. The zero-order valence-electron chi connectivity index (χ0n) is 8.32. The van der Waals surface area contributed by atoms with E-state index in [0.717, 1.165) is 0 Å². The first kappa shape index (κ1) is 13.9. The quantitative estimate of drug-likeness (QED) is 0.543. The molecule has 0 rings (SSSR count). The number of methoxy groups -OCH3 is 1. The Kier molecular flexibility index (Phi) is 6.35. The summed E-state index contributed by atoms with van der Waals surface area (Å²) in [6.45, 7) is 1.88. The van der Waals surface area contributed by atoms with E-state index >= 15 is 0 Å². The molecule has 0 fully saturated rings. The number of alkyl halides is 1. The van der Waals surface area contributed by atoms with Gasteiger partial charge in [0.2, 0.25) is 0 Å². The monoisotopic (exact) mass is 286 g/mol. The van der Waals surface area contributed by atoms with Crippen LogP contribution >= 0.6 is 15.9 Å². The molecule has 0 spiro atoms. The SMILES string of the molecule is COC(=O)CCS(=O)(=O)CCC(C)Br. The van der Waals surface area contributed by atoms with Crippen LogP contribution < -0.4 is 0 Å². The van der Waals surface area contributed by atoms with Crippen LogP contribution in [0.15, 0.2) is 0 Å². The lowest BCUT2D eigenvalue weighted by Crippen LogP contribution is -2.16. The molecule has 0 heterocycles. The molecule has 0 aromatic heterocycles. The van der Waals surface area contributed by atoms with Crippen LogP contribution in [-0.2, 0) is 19.4 Å². The van der Waals surface area contributed by atoms with Gasteiger partial charge in [-0.1, -0.05) is 22.9 Å². The Morgan fingerprint density at radius 3 is 2.43 bits per heavy atom. The molecule has 0 aliphatic heterocycles. The van der Waals surface area contributed by atoms with Gasteiger partial charge in [0.05, 0.1) is 25.0 Å². The van der Waals surface area contributed by atoms with E-state index < -0.39 is 15.8 Å². The van der Waals surface area contributed by atoms with E-state index in [9.17, 15) is 13.2 Å². The third kappa shape index (κ3) is 7.32. The van der Waals surface area contributed by atoms with E-state index in [1.54, 1.807) is 0 Å². The first-order valence-electron chi connectivity index (χ1n) is 4.28. The molecule has 0 aromatic rings. The number of halogens is 1. The summed E-state index contributed by atoms with van der Waals surface area (Å²) < 4.78 is 27.0. The Hall–Kier alpha value is -0.100. The number of rotatable bonds is 6. The fraction of sp³-hybridized carbons (Fsp3) is 0.875. The standard InChI is InChI=1S/C8H15BrO4S/c1-7(9)3-5-14(11,12)6-4-8(10)13-2/h7H,3-6H2,1-2H3. The Morgan fingerprint density at radius 1 is 1.43 bits per heavy atom. The molecule has 6 heteroatoms. The van der Waals surface area contributed by atoms with Gasteiger partial charge in [-0.2, -0.15) is 0 Å². The highest BCUT2D eigenvalue weighted by Gasteiger charge is 2.14. The van der Waals surface area contributed by atoms with Crippen molar-refractivity contribution in [3.63, 3.8) is 0 Å². The number of hydrogen-bond acceptors (Lipinski definition) is 4. The molecule has 0 aliphatic rings. The lowest BCUT2D eigenvalue weighted by Gasteiger charge is -2.04. The molecule has 84 valence electrons. The number of carbonyl (C=O) groups excluding carboxylic acids is 1. The molecule has 0 saturated heterocycles. The second kappa shape index (κ2) is 6.40. The first-order chi connectivity index (χ1) is 6.37. The number of ether oxygens (including phenoxy) is 1. The average Bonchev–Trinajstić information content (AvgIpc) is 2.11. The topological polar surface area (TPSA) is 60.4 Å². The van der Waals surface area contributed by atoms with Crippen LogP contribution in [0.25, 0.3) is 0 Å². The summed E-state index contributed by atoms with van der Waals surface area (Å²) in [5.41, 5.74) is 0. The summed E-state index contributed by atoms with van der Waals surface area (Å²) >= 11 is 3.26. The molecule has 1 atom stereocenters. The summed E-state index contributed by atoms with van der Waals surface area (Å²) in [6, 6.07) is 0. The van der Waals surface area contributed by atoms with Crippen molar-refractivity contribution in [3.8, 4) is 0 Å². The minimum Gasteiger partial charge on any atom is -0.469 e. The highest BCUT2D eigenvalue weighted by Crippen LogP contribution is 2.06. The molecular formula is C8H15BrO4S. The summed E-state index contributed by atoms with van der Waals surface area (Å²) in [6.07, 6.45) is 0.499. The maximum atomic E-state index is 11.3. The van der Waals surface area contributed by atoms with Crippen molar-refractivity contribution in [1.29, 1.82) is 0 Å². The minimum absolute atomic E-state index is 0.0600. The van der Waals surface area contributed by atoms with Gasteiger partial charge >= 0.3 is 5.97 Å². The van der Waals surface area contributed by atoms with Crippen LogP contribution in [0.5, 0.6) is 0 Å². The zero-order chi connectivity index (χ0) is 11.2. The normalized spacial score (nSPS) is 13.6. The third-order valence-corrected chi connectivity index (χ3v) is 3.81. The van der Waals surface area contributed by atoms with E-state index in [1.807, 2.05) is 6.92 Å². The van der Waals surface area contributed by atoms with E-state index in [0.29, 0.717) is 6.42 Å². The lowest BCUT2D eigenvalue weighted by atomic mass is 10.4. The van der Waals surface area contributed by atoms with Gasteiger partial charge in [-0.3, -0.25) is 4.79 Å². The first-order valence-corrected chi connectivity index (χ1v) is 7.02. The second-order valence-corrected chi connectivity index (χ2v) is 6.91. The van der Waals surface area contributed by atoms with E-state index in [1.165, 1.54) is 7.11 Å². The van der Waals surface area contributed by atoms with Gasteiger partial charge in [-0.15, -0.1) is 0 Å². The average molecular weight is 287 g/mol. The van der Waals surface area contributed by atoms with Gasteiger partial charge in [-0.05, 0) is 6.42 Å². The van der Waals surface area contributed by atoms with Crippen LogP contribution in [0.4, 0.5) is 0 Å². The van der Waals surface area contributed by atoms with Crippen molar-refractivity contribution >= 4 is 31.7 Å². The van der Waals surface area contributed by atoms with Crippen LogP contribution in [-0.4, -0.2) is 37.8 Å². The Bertz CT molecular complexity index is 271. The van der Waals surface area contributed by atoms with Gasteiger partial charge in [0, 0.05) is 4.83 Å². The van der Waals surface area contributed by atoms with E-state index in [2.05, 4.69) is 20.7 Å². The highest BCUT2D eigenvalue weighted by atomic mass is 79.9.